The molecule has 0 aliphatic rings. The van der Waals surface area contributed by atoms with Crippen LogP contribution >= 0.6 is 0 Å². The molecule has 1 amide bonds. The van der Waals surface area contributed by atoms with Gasteiger partial charge in [-0.25, -0.2) is 9.50 Å². The van der Waals surface area contributed by atoms with E-state index in [2.05, 4.69) is 15.4 Å². The number of anilines is 1. The van der Waals surface area contributed by atoms with Crippen molar-refractivity contribution in [2.75, 3.05) is 5.32 Å². The van der Waals surface area contributed by atoms with Crippen LogP contribution in [-0.4, -0.2) is 20.5 Å². The molecule has 0 aliphatic carbocycles. The van der Waals surface area contributed by atoms with Gasteiger partial charge in [-0.1, -0.05) is 19.1 Å². The number of fused-ring (bicyclic) bond motifs is 1. The fourth-order valence-electron chi connectivity index (χ4n) is 2.06. The molecule has 0 unspecified atom stereocenters. The van der Waals surface area contributed by atoms with Crippen LogP contribution in [-0.2, 0) is 4.79 Å². The zero-order valence-corrected chi connectivity index (χ0v) is 11.1. The summed E-state index contributed by atoms with van der Waals surface area (Å²) in [6.07, 6.45) is 3.93. The van der Waals surface area contributed by atoms with E-state index in [0.29, 0.717) is 6.42 Å². The number of carbonyl (C=O) groups excluding carboxylic acids is 1. The topological polar surface area (TPSA) is 59.3 Å². The summed E-state index contributed by atoms with van der Waals surface area (Å²) < 4.78 is 1.78. The van der Waals surface area contributed by atoms with Crippen molar-refractivity contribution in [2.24, 2.45) is 0 Å². The Morgan fingerprint density at radius 3 is 3.00 bits per heavy atom. The van der Waals surface area contributed by atoms with Crippen LogP contribution < -0.4 is 5.32 Å². The van der Waals surface area contributed by atoms with Gasteiger partial charge < -0.3 is 5.32 Å². The minimum absolute atomic E-state index is 0.00103. The molecule has 0 atom stereocenters. The Hall–Kier alpha value is -2.69. The minimum Gasteiger partial charge on any atom is -0.326 e. The van der Waals surface area contributed by atoms with E-state index in [1.54, 1.807) is 16.9 Å². The number of aromatic nitrogens is 3. The highest BCUT2D eigenvalue weighted by molar-refractivity contribution is 5.91. The molecule has 1 N–H and O–H groups in total. The van der Waals surface area contributed by atoms with E-state index in [9.17, 15) is 4.79 Å². The Morgan fingerprint density at radius 1 is 1.25 bits per heavy atom. The van der Waals surface area contributed by atoms with Crippen LogP contribution in [0.2, 0.25) is 0 Å². The third kappa shape index (κ3) is 2.25. The molecule has 20 heavy (non-hydrogen) atoms. The fraction of sp³-hybridized carbons (Fsp3) is 0.133. The quantitative estimate of drug-likeness (QED) is 0.793. The highest BCUT2D eigenvalue weighted by atomic mass is 16.1. The Balaban J connectivity index is 2.04. The maximum absolute atomic E-state index is 11.5. The van der Waals surface area contributed by atoms with Gasteiger partial charge in [-0.05, 0) is 18.2 Å². The number of hydrogen-bond donors (Lipinski definition) is 1. The summed E-state index contributed by atoms with van der Waals surface area (Å²) in [7, 11) is 0. The normalized spacial score (nSPS) is 10.7. The van der Waals surface area contributed by atoms with Crippen molar-refractivity contribution in [3.05, 3.63) is 48.8 Å². The third-order valence-electron chi connectivity index (χ3n) is 3.05. The van der Waals surface area contributed by atoms with Gasteiger partial charge in [0.1, 0.15) is 0 Å². The van der Waals surface area contributed by atoms with Crippen LogP contribution in [0, 0.1) is 0 Å². The lowest BCUT2D eigenvalue weighted by Crippen LogP contribution is -2.09. The van der Waals surface area contributed by atoms with E-state index in [1.165, 1.54) is 0 Å². The van der Waals surface area contributed by atoms with Gasteiger partial charge in [-0.15, -0.1) is 0 Å². The highest BCUT2D eigenvalue weighted by Crippen LogP contribution is 2.22. The summed E-state index contributed by atoms with van der Waals surface area (Å²) in [6.45, 7) is 1.83. The van der Waals surface area contributed by atoms with Crippen molar-refractivity contribution in [1.82, 2.24) is 14.6 Å². The number of hydrogen-bond acceptors (Lipinski definition) is 3. The lowest BCUT2D eigenvalue weighted by molar-refractivity contribution is -0.115. The molecule has 0 spiro atoms. The minimum atomic E-state index is 0.00103. The zero-order chi connectivity index (χ0) is 13.9. The summed E-state index contributed by atoms with van der Waals surface area (Å²) in [5, 5.41) is 7.13. The summed E-state index contributed by atoms with van der Waals surface area (Å²) in [6, 6.07) is 11.5. The Labute approximate surface area is 116 Å². The van der Waals surface area contributed by atoms with Crippen LogP contribution in [0.3, 0.4) is 0 Å². The smallest absolute Gasteiger partial charge is 0.224 e. The average molecular weight is 266 g/mol. The largest absolute Gasteiger partial charge is 0.326 e. The molecule has 1 aromatic carbocycles. The molecule has 3 aromatic rings. The van der Waals surface area contributed by atoms with Crippen molar-refractivity contribution < 1.29 is 4.79 Å². The molecule has 5 heteroatoms. The summed E-state index contributed by atoms with van der Waals surface area (Å²) in [4.78, 5) is 15.7. The van der Waals surface area contributed by atoms with Crippen LogP contribution in [0.1, 0.15) is 13.3 Å². The summed E-state index contributed by atoms with van der Waals surface area (Å²) in [5.74, 6) is 0.00103. The molecule has 2 aromatic heterocycles. The van der Waals surface area contributed by atoms with E-state index in [0.717, 1.165) is 22.6 Å². The Bertz CT molecular complexity index is 763. The van der Waals surface area contributed by atoms with Gasteiger partial charge in [0.25, 0.3) is 0 Å². The maximum Gasteiger partial charge on any atom is 0.224 e. The van der Waals surface area contributed by atoms with Gasteiger partial charge in [0.05, 0.1) is 11.9 Å². The van der Waals surface area contributed by atoms with Gasteiger partial charge in [-0.3, -0.25) is 4.79 Å². The molecule has 3 rings (SSSR count). The van der Waals surface area contributed by atoms with Crippen LogP contribution in [0.15, 0.2) is 48.8 Å². The fourth-order valence-corrected chi connectivity index (χ4v) is 2.06. The van der Waals surface area contributed by atoms with E-state index in [4.69, 9.17) is 0 Å². The van der Waals surface area contributed by atoms with Gasteiger partial charge in [0, 0.05) is 29.9 Å². The predicted octanol–water partition coefficient (Wildman–Crippen LogP) is 2.74. The first-order valence-corrected chi connectivity index (χ1v) is 6.47. The first kappa shape index (κ1) is 12.3. The van der Waals surface area contributed by atoms with Crippen molar-refractivity contribution in [2.45, 2.75) is 13.3 Å². The maximum atomic E-state index is 11.5. The van der Waals surface area contributed by atoms with Crippen LogP contribution in [0.25, 0.3) is 16.9 Å². The Morgan fingerprint density at radius 2 is 2.15 bits per heavy atom. The molecule has 100 valence electrons. The van der Waals surface area contributed by atoms with Crippen molar-refractivity contribution >= 4 is 17.2 Å². The van der Waals surface area contributed by atoms with Crippen molar-refractivity contribution in [1.29, 1.82) is 0 Å². The number of rotatable bonds is 3. The zero-order valence-electron chi connectivity index (χ0n) is 11.1. The van der Waals surface area contributed by atoms with Crippen LogP contribution in [0.5, 0.6) is 0 Å². The van der Waals surface area contributed by atoms with Gasteiger partial charge in [0.2, 0.25) is 5.91 Å². The summed E-state index contributed by atoms with van der Waals surface area (Å²) in [5.41, 5.74) is 3.50. The lowest BCUT2D eigenvalue weighted by Gasteiger charge is -2.08. The van der Waals surface area contributed by atoms with E-state index in [-0.39, 0.29) is 5.91 Å². The monoisotopic (exact) mass is 266 g/mol. The second-order valence-electron chi connectivity index (χ2n) is 4.41. The SMILES string of the molecule is CCC(=O)Nc1cccc(-c2ccnc3ccnn23)c1. The number of benzene rings is 1. The number of carbonyl (C=O) groups is 1. The molecule has 0 saturated carbocycles. The van der Waals surface area contributed by atoms with Gasteiger partial charge in [-0.2, -0.15) is 5.10 Å². The molecular formula is C15H14N4O. The van der Waals surface area contributed by atoms with E-state index < -0.39 is 0 Å². The first-order chi connectivity index (χ1) is 9.78. The second kappa shape index (κ2) is 5.13. The molecular weight excluding hydrogens is 252 g/mol. The molecule has 0 saturated heterocycles. The molecule has 5 nitrogen and oxygen atoms in total. The van der Waals surface area contributed by atoms with E-state index >= 15 is 0 Å². The molecule has 0 fully saturated rings. The van der Waals surface area contributed by atoms with Crippen molar-refractivity contribution in [3.8, 4) is 11.3 Å². The highest BCUT2D eigenvalue weighted by Gasteiger charge is 2.06. The van der Waals surface area contributed by atoms with Crippen molar-refractivity contribution in [3.63, 3.8) is 0 Å². The van der Waals surface area contributed by atoms with E-state index in [1.807, 2.05) is 43.3 Å². The lowest BCUT2D eigenvalue weighted by atomic mass is 10.1. The first-order valence-electron chi connectivity index (χ1n) is 6.47. The molecule has 0 radical (unpaired) electrons. The predicted molar refractivity (Wildman–Crippen MR) is 77.3 cm³/mol. The summed E-state index contributed by atoms with van der Waals surface area (Å²) >= 11 is 0. The van der Waals surface area contributed by atoms with Gasteiger partial charge in [0.15, 0.2) is 5.65 Å². The number of amides is 1. The van der Waals surface area contributed by atoms with Crippen LogP contribution in [0.4, 0.5) is 5.69 Å². The molecule has 2 heterocycles. The van der Waals surface area contributed by atoms with Gasteiger partial charge >= 0.3 is 0 Å². The Kier molecular flexibility index (Phi) is 3.16. The molecule has 0 bridgehead atoms. The molecule has 0 aliphatic heterocycles. The standard InChI is InChI=1S/C15H14N4O/c1-2-15(20)18-12-5-3-4-11(10-12)13-6-8-16-14-7-9-17-19(13)14/h3-10H,2H2,1H3,(H,18,20). The third-order valence-corrected chi connectivity index (χ3v) is 3.05. The second-order valence-corrected chi connectivity index (χ2v) is 4.41. The number of nitrogens with one attached hydrogen (secondary N) is 1. The average Bonchev–Trinajstić information content (AvgIpc) is 2.95. The number of nitrogens with zero attached hydrogens (tertiary/aromatic N) is 3.